The summed E-state index contributed by atoms with van der Waals surface area (Å²) < 4.78 is 68.1. The lowest BCUT2D eigenvalue weighted by Crippen LogP contribution is -2.30. The van der Waals surface area contributed by atoms with E-state index in [1.165, 1.54) is 167 Å². The number of phosphoric ester groups is 2. The van der Waals surface area contributed by atoms with Gasteiger partial charge in [-0.2, -0.15) is 0 Å². The van der Waals surface area contributed by atoms with Gasteiger partial charge in [0.25, 0.3) is 0 Å². The van der Waals surface area contributed by atoms with Gasteiger partial charge in [-0.05, 0) is 37.5 Å². The van der Waals surface area contributed by atoms with Crippen LogP contribution in [0.5, 0.6) is 0 Å². The first-order valence-electron chi connectivity index (χ1n) is 36.5. The van der Waals surface area contributed by atoms with Gasteiger partial charge in [-0.25, -0.2) is 9.13 Å². The molecule has 2 unspecified atom stereocenters. The molecule has 0 bridgehead atoms. The van der Waals surface area contributed by atoms with Crippen molar-refractivity contribution in [2.24, 2.45) is 11.8 Å². The average molecular weight is 1310 g/mol. The van der Waals surface area contributed by atoms with Gasteiger partial charge in [-0.3, -0.25) is 37.3 Å². The zero-order valence-electron chi connectivity index (χ0n) is 57.7. The van der Waals surface area contributed by atoms with Crippen LogP contribution in [0.25, 0.3) is 0 Å². The molecule has 0 aromatic rings. The average Bonchev–Trinajstić information content (AvgIpc) is 3.65. The predicted octanol–water partition coefficient (Wildman–Crippen LogP) is 20.0. The molecule has 0 heterocycles. The molecule has 0 saturated carbocycles. The molecule has 0 aliphatic rings. The number of ether oxygens (including phenoxy) is 4. The minimum atomic E-state index is -4.95. The van der Waals surface area contributed by atoms with Gasteiger partial charge in [0.2, 0.25) is 0 Å². The van der Waals surface area contributed by atoms with E-state index < -0.39 is 97.5 Å². The molecule has 528 valence electrons. The van der Waals surface area contributed by atoms with Gasteiger partial charge >= 0.3 is 39.5 Å². The molecule has 0 aliphatic heterocycles. The second-order valence-corrected chi connectivity index (χ2v) is 29.1. The highest BCUT2D eigenvalue weighted by Gasteiger charge is 2.30. The summed E-state index contributed by atoms with van der Waals surface area (Å²) in [5.74, 6) is -0.583. The Morgan fingerprint density at radius 2 is 0.517 bits per heavy atom. The number of carbonyl (C=O) groups is 4. The summed E-state index contributed by atoms with van der Waals surface area (Å²) in [6.07, 6.45) is 47.4. The lowest BCUT2D eigenvalue weighted by atomic mass is 10.0. The molecule has 0 aliphatic carbocycles. The number of rotatable bonds is 69. The van der Waals surface area contributed by atoms with E-state index in [1.807, 2.05) is 0 Å². The van der Waals surface area contributed by atoms with E-state index in [9.17, 15) is 43.2 Å². The largest absolute Gasteiger partial charge is 0.472 e. The third-order valence-electron chi connectivity index (χ3n) is 16.2. The van der Waals surface area contributed by atoms with Gasteiger partial charge in [0.1, 0.15) is 19.3 Å². The number of phosphoric acid groups is 2. The van der Waals surface area contributed by atoms with E-state index in [1.54, 1.807) is 0 Å². The zero-order chi connectivity index (χ0) is 65.7. The van der Waals surface area contributed by atoms with Crippen LogP contribution in [0.3, 0.4) is 0 Å². The minimum Gasteiger partial charge on any atom is -0.462 e. The van der Waals surface area contributed by atoms with E-state index in [2.05, 4.69) is 41.5 Å². The fourth-order valence-electron chi connectivity index (χ4n) is 10.6. The number of carbonyl (C=O) groups excluding carboxylic acids is 4. The van der Waals surface area contributed by atoms with Crippen LogP contribution in [-0.2, 0) is 65.4 Å². The summed E-state index contributed by atoms with van der Waals surface area (Å²) in [6, 6.07) is 0. The Morgan fingerprint density at radius 1 is 0.303 bits per heavy atom. The molecule has 0 radical (unpaired) electrons. The topological polar surface area (TPSA) is 237 Å². The number of hydrogen-bond acceptors (Lipinski definition) is 15. The van der Waals surface area contributed by atoms with Crippen LogP contribution in [0.15, 0.2) is 0 Å². The quantitative estimate of drug-likeness (QED) is 0.0222. The molecule has 3 N–H and O–H groups in total. The number of aliphatic hydroxyl groups is 1. The Hall–Kier alpha value is -1.94. The molecule has 0 saturated heterocycles. The predicted molar refractivity (Wildman–Crippen MR) is 358 cm³/mol. The number of unbranched alkanes of at least 4 members (excludes halogenated alkanes) is 39. The number of hydrogen-bond donors (Lipinski definition) is 3. The van der Waals surface area contributed by atoms with Gasteiger partial charge in [-0.15, -0.1) is 0 Å². The van der Waals surface area contributed by atoms with Crippen molar-refractivity contribution in [3.63, 3.8) is 0 Å². The molecule has 0 aromatic heterocycles. The maximum Gasteiger partial charge on any atom is 0.472 e. The van der Waals surface area contributed by atoms with Crippen molar-refractivity contribution >= 4 is 39.5 Å². The standard InChI is InChI=1S/C70H136O17P2/c1-7-9-11-13-15-27-36-42-48-54-69(74)86-65(58-80-67(72)52-46-40-34-16-14-12-10-8-2)60-84-88(76,77)82-56-64(71)57-83-89(78,79)85-61-66(59-81-68(73)53-47-41-35-31-30-33-39-45-51-63(5)6)87-70(75)55-49-43-37-29-26-24-22-20-18-17-19-21-23-25-28-32-38-44-50-62(3)4/h62-66,71H,7-61H2,1-6H3,(H,76,77)(H,78,79)/t64-,65+,66+/m0/s1. The SMILES string of the molecule is CCCCCCCCCCCC(=O)O[C@H](COC(=O)CCCCCCCCCC)COP(=O)(O)OC[C@H](O)COP(=O)(O)OC[C@@H](COC(=O)CCCCCCCCCCC(C)C)OC(=O)CCCCCCCCCCCCCCCCCCCCC(C)C. The van der Waals surface area contributed by atoms with E-state index in [4.69, 9.17) is 37.0 Å². The van der Waals surface area contributed by atoms with Crippen LogP contribution in [0, 0.1) is 11.8 Å². The number of esters is 4. The van der Waals surface area contributed by atoms with Crippen LogP contribution in [0.1, 0.15) is 356 Å². The fourth-order valence-corrected chi connectivity index (χ4v) is 12.2. The van der Waals surface area contributed by atoms with Crippen LogP contribution >= 0.6 is 15.6 Å². The fraction of sp³-hybridized carbons (Fsp3) is 0.943. The Bertz CT molecular complexity index is 1730. The van der Waals surface area contributed by atoms with Gasteiger partial charge in [-0.1, -0.05) is 305 Å². The Morgan fingerprint density at radius 3 is 0.764 bits per heavy atom. The van der Waals surface area contributed by atoms with Crippen LogP contribution < -0.4 is 0 Å². The molecule has 17 nitrogen and oxygen atoms in total. The first kappa shape index (κ1) is 87.1. The maximum atomic E-state index is 13.0. The highest BCUT2D eigenvalue weighted by molar-refractivity contribution is 7.47. The van der Waals surface area contributed by atoms with Gasteiger partial charge < -0.3 is 33.8 Å². The van der Waals surface area contributed by atoms with Crippen molar-refractivity contribution in [3.8, 4) is 0 Å². The Labute approximate surface area is 543 Å². The monoisotopic (exact) mass is 1310 g/mol. The summed E-state index contributed by atoms with van der Waals surface area (Å²) in [4.78, 5) is 72.3. The van der Waals surface area contributed by atoms with Crippen molar-refractivity contribution in [1.82, 2.24) is 0 Å². The lowest BCUT2D eigenvalue weighted by Gasteiger charge is -2.21. The van der Waals surface area contributed by atoms with Gasteiger partial charge in [0, 0.05) is 25.7 Å². The first-order chi connectivity index (χ1) is 42.9. The molecule has 0 aromatic carbocycles. The van der Waals surface area contributed by atoms with E-state index in [0.29, 0.717) is 25.7 Å². The molecule has 5 atom stereocenters. The molecule has 0 fully saturated rings. The smallest absolute Gasteiger partial charge is 0.462 e. The maximum absolute atomic E-state index is 13.0. The molecule has 19 heteroatoms. The Balaban J connectivity index is 5.13. The summed E-state index contributed by atoms with van der Waals surface area (Å²) in [5.41, 5.74) is 0. The highest BCUT2D eigenvalue weighted by Crippen LogP contribution is 2.45. The lowest BCUT2D eigenvalue weighted by molar-refractivity contribution is -0.161. The van der Waals surface area contributed by atoms with E-state index in [-0.39, 0.29) is 25.7 Å². The molecular weight excluding hydrogens is 1170 g/mol. The van der Waals surface area contributed by atoms with Crippen molar-refractivity contribution in [2.45, 2.75) is 374 Å². The van der Waals surface area contributed by atoms with Crippen LogP contribution in [-0.4, -0.2) is 96.7 Å². The van der Waals surface area contributed by atoms with Crippen molar-refractivity contribution in [2.75, 3.05) is 39.6 Å². The minimum absolute atomic E-state index is 0.105. The second kappa shape index (κ2) is 62.2. The van der Waals surface area contributed by atoms with Gasteiger partial charge in [0.15, 0.2) is 12.2 Å². The van der Waals surface area contributed by atoms with Crippen LogP contribution in [0.2, 0.25) is 0 Å². The second-order valence-electron chi connectivity index (χ2n) is 26.2. The summed E-state index contributed by atoms with van der Waals surface area (Å²) >= 11 is 0. The van der Waals surface area contributed by atoms with Crippen molar-refractivity contribution < 1.29 is 80.2 Å². The first-order valence-corrected chi connectivity index (χ1v) is 39.5. The molecule has 0 spiro atoms. The Kier molecular flexibility index (Phi) is 60.8. The highest BCUT2D eigenvalue weighted by atomic mass is 31.2. The number of aliphatic hydroxyl groups excluding tert-OH is 1. The van der Waals surface area contributed by atoms with Crippen LogP contribution in [0.4, 0.5) is 0 Å². The van der Waals surface area contributed by atoms with E-state index in [0.717, 1.165) is 108 Å². The van der Waals surface area contributed by atoms with Crippen molar-refractivity contribution in [1.29, 1.82) is 0 Å². The molecule has 0 amide bonds. The summed E-state index contributed by atoms with van der Waals surface area (Å²) in [6.45, 7) is 9.50. The summed E-state index contributed by atoms with van der Waals surface area (Å²) in [7, 11) is -9.89. The van der Waals surface area contributed by atoms with E-state index >= 15 is 0 Å². The normalized spacial score (nSPS) is 14.1. The molecule has 89 heavy (non-hydrogen) atoms. The third-order valence-corrected chi connectivity index (χ3v) is 18.1. The summed E-state index contributed by atoms with van der Waals surface area (Å²) in [5, 5.41) is 10.6. The molecular formula is C70H136O17P2. The van der Waals surface area contributed by atoms with Gasteiger partial charge in [0.05, 0.1) is 26.4 Å². The third kappa shape index (κ3) is 64.6. The molecule has 0 rings (SSSR count). The van der Waals surface area contributed by atoms with Crippen molar-refractivity contribution in [3.05, 3.63) is 0 Å². The zero-order valence-corrected chi connectivity index (χ0v) is 59.5.